The van der Waals surface area contributed by atoms with Crippen molar-refractivity contribution in [1.82, 2.24) is 15.0 Å². The van der Waals surface area contributed by atoms with Gasteiger partial charge in [0.25, 0.3) is 0 Å². The smallest absolute Gasteiger partial charge is 0.157 e. The highest BCUT2D eigenvalue weighted by Crippen LogP contribution is 2.22. The van der Waals surface area contributed by atoms with Crippen LogP contribution in [0.3, 0.4) is 0 Å². The molecule has 0 aliphatic rings. The Hall–Kier alpha value is -2.63. The lowest BCUT2D eigenvalue weighted by molar-refractivity contribution is 1.27. The Morgan fingerprint density at radius 2 is 1.71 bits per heavy atom. The third-order valence-corrected chi connectivity index (χ3v) is 3.63. The van der Waals surface area contributed by atoms with E-state index in [-0.39, 0.29) is 30.6 Å². The van der Waals surface area contributed by atoms with E-state index in [4.69, 9.17) is 11.1 Å². The molecule has 0 bridgehead atoms. The van der Waals surface area contributed by atoms with Crippen LogP contribution < -0.4 is 5.73 Å². The van der Waals surface area contributed by atoms with Gasteiger partial charge in [-0.1, -0.05) is 24.3 Å². The van der Waals surface area contributed by atoms with Gasteiger partial charge in [-0.05, 0) is 30.3 Å². The minimum Gasteiger partial charge on any atom is -0.384 e. The molecule has 7 heteroatoms. The molecule has 2 aromatic heterocycles. The molecule has 0 fully saturated rings. The fourth-order valence-electron chi connectivity index (χ4n) is 2.50. The van der Waals surface area contributed by atoms with E-state index in [1.807, 2.05) is 48.5 Å². The lowest BCUT2D eigenvalue weighted by atomic mass is 10.2. The molecule has 4 aromatic rings. The summed E-state index contributed by atoms with van der Waals surface area (Å²) >= 11 is 0. The molecule has 24 heavy (non-hydrogen) atoms. The minimum atomic E-state index is 0. The molecule has 0 radical (unpaired) electrons. The topological polar surface area (TPSA) is 91.4 Å². The quantitative estimate of drug-likeness (QED) is 0.374. The van der Waals surface area contributed by atoms with Crippen LogP contribution in [0.15, 0.2) is 54.6 Å². The Labute approximate surface area is 150 Å². The summed E-state index contributed by atoms with van der Waals surface area (Å²) < 4.78 is 0. The van der Waals surface area contributed by atoms with E-state index in [9.17, 15) is 0 Å². The lowest BCUT2D eigenvalue weighted by Gasteiger charge is -1.99. The number of halogens is 2. The second-order valence-electron chi connectivity index (χ2n) is 5.12. The maximum Gasteiger partial charge on any atom is 0.157 e. The number of para-hydroxylation sites is 1. The first-order valence-corrected chi connectivity index (χ1v) is 6.91. The van der Waals surface area contributed by atoms with Crippen LogP contribution in [-0.2, 0) is 0 Å². The number of nitrogen functional groups attached to an aromatic ring is 1. The van der Waals surface area contributed by atoms with Gasteiger partial charge < -0.3 is 10.7 Å². The molecule has 0 atom stereocenters. The molecular weight excluding hydrogens is 345 g/mol. The molecule has 0 spiro atoms. The molecule has 0 amide bonds. The predicted molar refractivity (Wildman–Crippen MR) is 102 cm³/mol. The Morgan fingerprint density at radius 1 is 0.917 bits per heavy atom. The first kappa shape index (κ1) is 17.7. The SMILES string of the molecule is Cl.Cl.N=C(N)c1ccc2nc(-c3ccc4ccccc4n3)[nH]c2c1. The number of imidazole rings is 1. The van der Waals surface area contributed by atoms with E-state index in [1.165, 1.54) is 0 Å². The van der Waals surface area contributed by atoms with Crippen molar-refractivity contribution in [2.75, 3.05) is 0 Å². The minimum absolute atomic E-state index is 0. The fourth-order valence-corrected chi connectivity index (χ4v) is 2.50. The van der Waals surface area contributed by atoms with Gasteiger partial charge in [-0.3, -0.25) is 5.41 Å². The van der Waals surface area contributed by atoms with Crippen LogP contribution >= 0.6 is 24.8 Å². The van der Waals surface area contributed by atoms with Gasteiger partial charge in [0.2, 0.25) is 0 Å². The number of hydrogen-bond donors (Lipinski definition) is 3. The Kier molecular flexibility index (Phi) is 5.07. The lowest BCUT2D eigenvalue weighted by Crippen LogP contribution is -2.10. The number of nitrogens with two attached hydrogens (primary N) is 1. The zero-order valence-corrected chi connectivity index (χ0v) is 14.1. The number of benzene rings is 2. The second kappa shape index (κ2) is 6.86. The van der Waals surface area contributed by atoms with Gasteiger partial charge in [-0.15, -0.1) is 24.8 Å². The average molecular weight is 360 g/mol. The summed E-state index contributed by atoms with van der Waals surface area (Å²) in [6.45, 7) is 0. The number of nitrogens with one attached hydrogen (secondary N) is 2. The molecule has 0 unspecified atom stereocenters. The van der Waals surface area contributed by atoms with Gasteiger partial charge in [0.1, 0.15) is 11.5 Å². The van der Waals surface area contributed by atoms with Crippen molar-refractivity contribution in [3.8, 4) is 11.5 Å². The number of fused-ring (bicyclic) bond motifs is 2. The largest absolute Gasteiger partial charge is 0.384 e. The van der Waals surface area contributed by atoms with E-state index in [1.54, 1.807) is 6.07 Å². The number of rotatable bonds is 2. The average Bonchev–Trinajstić information content (AvgIpc) is 2.97. The number of hydrogen-bond acceptors (Lipinski definition) is 3. The Bertz CT molecular complexity index is 1030. The molecule has 2 heterocycles. The molecule has 0 aliphatic carbocycles. The van der Waals surface area contributed by atoms with E-state index >= 15 is 0 Å². The maximum absolute atomic E-state index is 7.50. The van der Waals surface area contributed by atoms with Gasteiger partial charge in [-0.2, -0.15) is 0 Å². The van der Waals surface area contributed by atoms with Crippen molar-refractivity contribution in [2.45, 2.75) is 0 Å². The van der Waals surface area contributed by atoms with Crippen LogP contribution in [0.25, 0.3) is 33.5 Å². The van der Waals surface area contributed by atoms with E-state index < -0.39 is 0 Å². The molecule has 0 saturated carbocycles. The summed E-state index contributed by atoms with van der Waals surface area (Å²) in [5.74, 6) is 0.753. The van der Waals surface area contributed by atoms with Crippen LogP contribution in [-0.4, -0.2) is 20.8 Å². The number of pyridine rings is 1. The summed E-state index contributed by atoms with van der Waals surface area (Å²) in [5, 5.41) is 8.60. The van der Waals surface area contributed by atoms with E-state index in [2.05, 4.69) is 15.0 Å². The summed E-state index contributed by atoms with van der Waals surface area (Å²) in [5.41, 5.74) is 9.60. The summed E-state index contributed by atoms with van der Waals surface area (Å²) in [7, 11) is 0. The highest BCUT2D eigenvalue weighted by atomic mass is 35.5. The number of H-pyrrole nitrogens is 1. The number of aromatic amines is 1. The number of nitrogens with zero attached hydrogens (tertiary/aromatic N) is 2. The molecule has 4 N–H and O–H groups in total. The summed E-state index contributed by atoms with van der Waals surface area (Å²) in [6.07, 6.45) is 0. The van der Waals surface area contributed by atoms with Gasteiger partial charge in [-0.25, -0.2) is 9.97 Å². The maximum atomic E-state index is 7.50. The number of amidine groups is 1. The first-order chi connectivity index (χ1) is 10.7. The second-order valence-corrected chi connectivity index (χ2v) is 5.12. The molecule has 0 aliphatic heterocycles. The normalized spacial score (nSPS) is 10.2. The zero-order valence-electron chi connectivity index (χ0n) is 12.5. The van der Waals surface area contributed by atoms with Crippen molar-refractivity contribution in [3.05, 3.63) is 60.2 Å². The molecule has 4 rings (SSSR count). The molecular formula is C17H15Cl2N5. The van der Waals surface area contributed by atoms with Crippen LogP contribution in [0, 0.1) is 5.41 Å². The van der Waals surface area contributed by atoms with Gasteiger partial charge in [0, 0.05) is 10.9 Å². The fraction of sp³-hybridized carbons (Fsp3) is 0. The van der Waals surface area contributed by atoms with Crippen LogP contribution in [0.5, 0.6) is 0 Å². The van der Waals surface area contributed by atoms with Crippen molar-refractivity contribution >= 4 is 52.6 Å². The molecule has 5 nitrogen and oxygen atoms in total. The number of aromatic nitrogens is 3. The summed E-state index contributed by atoms with van der Waals surface area (Å²) in [4.78, 5) is 12.4. The monoisotopic (exact) mass is 359 g/mol. The third-order valence-electron chi connectivity index (χ3n) is 3.63. The predicted octanol–water partition coefficient (Wildman–Crippen LogP) is 3.91. The highest BCUT2D eigenvalue weighted by molar-refractivity contribution is 5.98. The Morgan fingerprint density at radius 3 is 2.50 bits per heavy atom. The van der Waals surface area contributed by atoms with Crippen molar-refractivity contribution in [1.29, 1.82) is 5.41 Å². The molecule has 2 aromatic carbocycles. The molecule has 0 saturated heterocycles. The Balaban J connectivity index is 0.00000104. The third kappa shape index (κ3) is 3.04. The van der Waals surface area contributed by atoms with Gasteiger partial charge in [0.05, 0.1) is 16.6 Å². The van der Waals surface area contributed by atoms with Gasteiger partial charge in [0.15, 0.2) is 5.82 Å². The van der Waals surface area contributed by atoms with Crippen molar-refractivity contribution in [2.24, 2.45) is 5.73 Å². The summed E-state index contributed by atoms with van der Waals surface area (Å²) in [6, 6.07) is 17.4. The van der Waals surface area contributed by atoms with Crippen LogP contribution in [0.1, 0.15) is 5.56 Å². The highest BCUT2D eigenvalue weighted by Gasteiger charge is 2.08. The van der Waals surface area contributed by atoms with Crippen molar-refractivity contribution in [3.63, 3.8) is 0 Å². The van der Waals surface area contributed by atoms with Crippen molar-refractivity contribution < 1.29 is 0 Å². The van der Waals surface area contributed by atoms with E-state index in [0.717, 1.165) is 27.6 Å². The molecule has 122 valence electrons. The first-order valence-electron chi connectivity index (χ1n) is 6.91. The van der Waals surface area contributed by atoms with Gasteiger partial charge >= 0.3 is 0 Å². The van der Waals surface area contributed by atoms with E-state index in [0.29, 0.717) is 11.4 Å². The zero-order chi connectivity index (χ0) is 15.1. The van der Waals surface area contributed by atoms with Crippen LogP contribution in [0.4, 0.5) is 0 Å². The van der Waals surface area contributed by atoms with Crippen LogP contribution in [0.2, 0.25) is 0 Å². The standard InChI is InChI=1S/C17H13N5.2ClH/c18-16(19)11-6-7-13-15(9-11)22-17(21-13)14-8-5-10-3-1-2-4-12(10)20-14;;/h1-9H,(H3,18,19)(H,21,22);2*1H.